The number of unbranched alkanes of at least 4 members (excludes halogenated alkanes) is 1. The second-order valence-corrected chi connectivity index (χ2v) is 5.40. The van der Waals surface area contributed by atoms with Crippen molar-refractivity contribution in [1.82, 2.24) is 5.32 Å². The summed E-state index contributed by atoms with van der Waals surface area (Å²) in [6, 6.07) is 8.81. The highest BCUT2D eigenvalue weighted by Crippen LogP contribution is 2.11. The van der Waals surface area contributed by atoms with Crippen LogP contribution >= 0.6 is 0 Å². The van der Waals surface area contributed by atoms with Crippen LogP contribution in [-0.4, -0.2) is 13.1 Å². The second-order valence-electron chi connectivity index (χ2n) is 5.40. The normalized spacial score (nSPS) is 12.6. The molecule has 0 aliphatic carbocycles. The van der Waals surface area contributed by atoms with Crippen LogP contribution in [0.5, 0.6) is 0 Å². The number of benzene rings is 1. The fourth-order valence-corrected chi connectivity index (χ4v) is 2.35. The largest absolute Gasteiger partial charge is 0.330 e. The minimum absolute atomic E-state index is 0.729. The van der Waals surface area contributed by atoms with Crippen LogP contribution in [0.1, 0.15) is 50.7 Å². The van der Waals surface area contributed by atoms with Crippen molar-refractivity contribution in [2.45, 2.75) is 52.5 Å². The molecule has 1 atom stereocenters. The summed E-state index contributed by atoms with van der Waals surface area (Å²) >= 11 is 0. The van der Waals surface area contributed by atoms with Gasteiger partial charge in [0.1, 0.15) is 0 Å². The van der Waals surface area contributed by atoms with Gasteiger partial charge >= 0.3 is 0 Å². The monoisotopic (exact) mass is 262 g/mol. The Morgan fingerprint density at radius 1 is 1.11 bits per heavy atom. The van der Waals surface area contributed by atoms with Crippen LogP contribution in [0.15, 0.2) is 24.3 Å². The standard InChI is InChI=1S/C17H30N2/c1-3-5-6-15(4-2)13-19-14-17-9-7-16(8-10-17)11-12-18/h7-10,15,19H,3-6,11-14,18H2,1-2H3. The fourth-order valence-electron chi connectivity index (χ4n) is 2.35. The van der Waals surface area contributed by atoms with Crippen molar-refractivity contribution in [3.8, 4) is 0 Å². The van der Waals surface area contributed by atoms with E-state index in [0.29, 0.717) is 0 Å². The number of rotatable bonds is 10. The lowest BCUT2D eigenvalue weighted by atomic mass is 9.99. The Labute approximate surface area is 118 Å². The highest BCUT2D eigenvalue weighted by molar-refractivity contribution is 5.22. The van der Waals surface area contributed by atoms with E-state index in [-0.39, 0.29) is 0 Å². The van der Waals surface area contributed by atoms with E-state index < -0.39 is 0 Å². The van der Waals surface area contributed by atoms with E-state index in [9.17, 15) is 0 Å². The summed E-state index contributed by atoms with van der Waals surface area (Å²) < 4.78 is 0. The molecule has 0 aliphatic heterocycles. The molecule has 0 spiro atoms. The first-order valence-corrected chi connectivity index (χ1v) is 7.78. The summed E-state index contributed by atoms with van der Waals surface area (Å²) in [5.74, 6) is 0.830. The van der Waals surface area contributed by atoms with Gasteiger partial charge in [0.05, 0.1) is 0 Å². The molecule has 2 heteroatoms. The van der Waals surface area contributed by atoms with Crippen molar-refractivity contribution in [3.05, 3.63) is 35.4 Å². The van der Waals surface area contributed by atoms with Crippen LogP contribution in [0, 0.1) is 5.92 Å². The Balaban J connectivity index is 2.27. The Morgan fingerprint density at radius 2 is 1.79 bits per heavy atom. The molecule has 0 saturated heterocycles. The molecule has 1 aromatic carbocycles. The molecule has 0 bridgehead atoms. The SMILES string of the molecule is CCCCC(CC)CNCc1ccc(CCN)cc1. The zero-order valence-corrected chi connectivity index (χ0v) is 12.6. The Hall–Kier alpha value is -0.860. The van der Waals surface area contributed by atoms with E-state index >= 15 is 0 Å². The predicted molar refractivity (Wildman–Crippen MR) is 84.2 cm³/mol. The van der Waals surface area contributed by atoms with Gasteiger partial charge in [-0.15, -0.1) is 0 Å². The average molecular weight is 262 g/mol. The van der Waals surface area contributed by atoms with Crippen LogP contribution < -0.4 is 11.1 Å². The predicted octanol–water partition coefficient (Wildman–Crippen LogP) is 3.49. The van der Waals surface area contributed by atoms with Crippen molar-refractivity contribution in [2.24, 2.45) is 11.7 Å². The van der Waals surface area contributed by atoms with Crippen molar-refractivity contribution in [2.75, 3.05) is 13.1 Å². The molecular weight excluding hydrogens is 232 g/mol. The van der Waals surface area contributed by atoms with Gasteiger partial charge in [-0.3, -0.25) is 0 Å². The first-order valence-electron chi connectivity index (χ1n) is 7.78. The highest BCUT2D eigenvalue weighted by Gasteiger charge is 2.04. The summed E-state index contributed by atoms with van der Waals surface area (Å²) in [6.07, 6.45) is 6.27. The van der Waals surface area contributed by atoms with E-state index in [4.69, 9.17) is 5.73 Å². The lowest BCUT2D eigenvalue weighted by Crippen LogP contribution is -2.22. The third kappa shape index (κ3) is 6.74. The van der Waals surface area contributed by atoms with E-state index in [2.05, 4.69) is 43.4 Å². The molecule has 1 aromatic rings. The molecule has 0 saturated carbocycles. The van der Waals surface area contributed by atoms with Crippen LogP contribution in [0.2, 0.25) is 0 Å². The third-order valence-electron chi connectivity index (χ3n) is 3.76. The Bertz CT molecular complexity index is 319. The van der Waals surface area contributed by atoms with Gasteiger partial charge in [0.2, 0.25) is 0 Å². The molecule has 0 fully saturated rings. The summed E-state index contributed by atoms with van der Waals surface area (Å²) in [5, 5.41) is 3.59. The molecule has 1 rings (SSSR count). The summed E-state index contributed by atoms with van der Waals surface area (Å²) in [7, 11) is 0. The van der Waals surface area contributed by atoms with E-state index in [1.165, 1.54) is 36.8 Å². The summed E-state index contributed by atoms with van der Waals surface area (Å²) in [6.45, 7) is 7.41. The van der Waals surface area contributed by atoms with Gasteiger partial charge in [-0.1, -0.05) is 57.4 Å². The number of hydrogen-bond donors (Lipinski definition) is 2. The van der Waals surface area contributed by atoms with Gasteiger partial charge in [0.25, 0.3) is 0 Å². The van der Waals surface area contributed by atoms with Crippen LogP contribution in [-0.2, 0) is 13.0 Å². The minimum atomic E-state index is 0.729. The van der Waals surface area contributed by atoms with Gasteiger partial charge in [0.15, 0.2) is 0 Å². The van der Waals surface area contributed by atoms with Gasteiger partial charge in [0, 0.05) is 6.54 Å². The van der Waals surface area contributed by atoms with Crippen molar-refractivity contribution in [1.29, 1.82) is 0 Å². The smallest absolute Gasteiger partial charge is 0.0205 e. The van der Waals surface area contributed by atoms with Crippen molar-refractivity contribution >= 4 is 0 Å². The quantitative estimate of drug-likeness (QED) is 0.677. The lowest BCUT2D eigenvalue weighted by Gasteiger charge is -2.15. The first kappa shape index (κ1) is 16.2. The number of hydrogen-bond acceptors (Lipinski definition) is 2. The summed E-state index contributed by atoms with van der Waals surface area (Å²) in [4.78, 5) is 0. The van der Waals surface area contributed by atoms with Crippen molar-refractivity contribution < 1.29 is 0 Å². The van der Waals surface area contributed by atoms with Gasteiger partial charge in [-0.25, -0.2) is 0 Å². The molecule has 0 heterocycles. The molecule has 108 valence electrons. The molecule has 0 aromatic heterocycles. The van der Waals surface area contributed by atoms with E-state index in [1.54, 1.807) is 0 Å². The first-order chi connectivity index (χ1) is 9.30. The third-order valence-corrected chi connectivity index (χ3v) is 3.76. The molecule has 0 radical (unpaired) electrons. The molecule has 1 unspecified atom stereocenters. The molecule has 3 N–H and O–H groups in total. The van der Waals surface area contributed by atoms with E-state index in [1.807, 2.05) is 0 Å². The maximum Gasteiger partial charge on any atom is 0.0205 e. The molecule has 0 aliphatic rings. The highest BCUT2D eigenvalue weighted by atomic mass is 14.9. The second kappa shape index (κ2) is 9.99. The van der Waals surface area contributed by atoms with Gasteiger partial charge in [-0.05, 0) is 43.0 Å². The molecule has 2 nitrogen and oxygen atoms in total. The van der Waals surface area contributed by atoms with Crippen LogP contribution in [0.3, 0.4) is 0 Å². The maximum absolute atomic E-state index is 5.55. The lowest BCUT2D eigenvalue weighted by molar-refractivity contribution is 0.419. The average Bonchev–Trinajstić information content (AvgIpc) is 2.44. The zero-order valence-electron chi connectivity index (χ0n) is 12.6. The fraction of sp³-hybridized carbons (Fsp3) is 0.647. The number of nitrogens with one attached hydrogen (secondary N) is 1. The van der Waals surface area contributed by atoms with Crippen LogP contribution in [0.25, 0.3) is 0 Å². The molecule has 0 amide bonds. The summed E-state index contributed by atoms with van der Waals surface area (Å²) in [5.41, 5.74) is 8.26. The molecular formula is C17H30N2. The maximum atomic E-state index is 5.55. The Morgan fingerprint density at radius 3 is 2.37 bits per heavy atom. The number of nitrogens with two attached hydrogens (primary N) is 1. The van der Waals surface area contributed by atoms with E-state index in [0.717, 1.165) is 32.0 Å². The topological polar surface area (TPSA) is 38.0 Å². The van der Waals surface area contributed by atoms with Gasteiger partial charge in [-0.2, -0.15) is 0 Å². The van der Waals surface area contributed by atoms with Crippen molar-refractivity contribution in [3.63, 3.8) is 0 Å². The molecule has 19 heavy (non-hydrogen) atoms. The van der Waals surface area contributed by atoms with Gasteiger partial charge < -0.3 is 11.1 Å². The Kier molecular flexibility index (Phi) is 8.52. The minimum Gasteiger partial charge on any atom is -0.330 e. The zero-order chi connectivity index (χ0) is 13.9. The van der Waals surface area contributed by atoms with Crippen LogP contribution in [0.4, 0.5) is 0 Å².